The van der Waals surface area contributed by atoms with Gasteiger partial charge in [-0.25, -0.2) is 0 Å². The Labute approximate surface area is 167 Å². The fourth-order valence-corrected chi connectivity index (χ4v) is 8.79. The van der Waals surface area contributed by atoms with Crippen molar-refractivity contribution < 1.29 is 0 Å². The Kier molecular flexibility index (Phi) is 5.43. The molecule has 0 aliphatic heterocycles. The molecule has 0 radical (unpaired) electrons. The van der Waals surface area contributed by atoms with E-state index in [9.17, 15) is 0 Å². The summed E-state index contributed by atoms with van der Waals surface area (Å²) in [5.74, 6) is 0. The van der Waals surface area contributed by atoms with Crippen molar-refractivity contribution in [3.63, 3.8) is 0 Å². The molecule has 0 aromatic heterocycles. The van der Waals surface area contributed by atoms with Crippen LogP contribution in [0.2, 0.25) is 0 Å². The largest absolute Gasteiger partial charge is 0.138 e. The first kappa shape index (κ1) is 18.0. The number of benzene rings is 4. The lowest BCUT2D eigenvalue weighted by molar-refractivity contribution is 1.64. The van der Waals surface area contributed by atoms with Crippen molar-refractivity contribution in [1.82, 2.24) is 0 Å². The van der Waals surface area contributed by atoms with E-state index in [1.165, 1.54) is 27.0 Å². The maximum Gasteiger partial charge on any atom is 0.122 e. The van der Waals surface area contributed by atoms with E-state index in [-0.39, 0.29) is 0 Å². The van der Waals surface area contributed by atoms with Gasteiger partial charge in [0.15, 0.2) is 0 Å². The van der Waals surface area contributed by atoms with Crippen LogP contribution in [-0.2, 0) is 0 Å². The number of rotatable bonds is 5. The third-order valence-corrected chi connectivity index (χ3v) is 10.3. The molecule has 0 N–H and O–H groups in total. The van der Waals surface area contributed by atoms with E-state index in [0.29, 0.717) is 0 Å². The Balaban J connectivity index is 2.05. The van der Waals surface area contributed by atoms with Crippen LogP contribution in [0.3, 0.4) is 0 Å². The molecule has 0 saturated heterocycles. The number of hydrogen-bond donors (Lipinski definition) is 1. The maximum atomic E-state index is 4.94. The zero-order valence-corrected chi connectivity index (χ0v) is 16.9. The van der Waals surface area contributed by atoms with Gasteiger partial charge in [0.2, 0.25) is 0 Å². The lowest BCUT2D eigenvalue weighted by atomic mass is 10.1. The molecule has 0 aliphatic rings. The molecule has 2 heteroatoms. The summed E-state index contributed by atoms with van der Waals surface area (Å²) < 4.78 is 0. The third kappa shape index (κ3) is 3.34. The first-order valence-corrected chi connectivity index (χ1v) is 11.7. The van der Waals surface area contributed by atoms with Crippen LogP contribution < -0.4 is 15.9 Å². The van der Waals surface area contributed by atoms with Crippen molar-refractivity contribution in [2.75, 3.05) is 5.49 Å². The standard InChI is InChI=1S/C25H21PS/c27-20-26(22-14-6-2-7-15-22,23-16-8-3-9-17-23)25-19-11-10-18-24(25)21-12-4-1-5-13-21/h1-19H,20H2/p+1. The van der Waals surface area contributed by atoms with Gasteiger partial charge >= 0.3 is 0 Å². The van der Waals surface area contributed by atoms with Gasteiger partial charge in [0.1, 0.15) is 28.7 Å². The van der Waals surface area contributed by atoms with Crippen LogP contribution in [0.1, 0.15) is 0 Å². The van der Waals surface area contributed by atoms with Crippen molar-refractivity contribution in [1.29, 1.82) is 0 Å². The Morgan fingerprint density at radius 2 is 0.963 bits per heavy atom. The van der Waals surface area contributed by atoms with E-state index in [4.69, 9.17) is 12.6 Å². The van der Waals surface area contributed by atoms with E-state index in [0.717, 1.165) is 5.49 Å². The molecule has 0 atom stereocenters. The van der Waals surface area contributed by atoms with Crippen LogP contribution in [0.15, 0.2) is 115 Å². The second-order valence-electron chi connectivity index (χ2n) is 6.51. The molecule has 4 aromatic rings. The van der Waals surface area contributed by atoms with Crippen molar-refractivity contribution in [3.05, 3.63) is 115 Å². The molecule has 0 amide bonds. The minimum Gasteiger partial charge on any atom is -0.138 e. The van der Waals surface area contributed by atoms with Gasteiger partial charge in [0, 0.05) is 5.56 Å². The highest BCUT2D eigenvalue weighted by molar-refractivity contribution is 8.05. The van der Waals surface area contributed by atoms with Crippen molar-refractivity contribution in [2.24, 2.45) is 0 Å². The maximum absolute atomic E-state index is 4.94. The average molecular weight is 385 g/mol. The van der Waals surface area contributed by atoms with Crippen LogP contribution in [0.4, 0.5) is 0 Å². The predicted molar refractivity (Wildman–Crippen MR) is 124 cm³/mol. The van der Waals surface area contributed by atoms with Crippen LogP contribution in [0, 0.1) is 0 Å². The summed E-state index contributed by atoms with van der Waals surface area (Å²) in [4.78, 5) is 0. The molecule has 27 heavy (non-hydrogen) atoms. The molecule has 132 valence electrons. The van der Waals surface area contributed by atoms with Crippen molar-refractivity contribution in [3.8, 4) is 11.1 Å². The summed E-state index contributed by atoms with van der Waals surface area (Å²) in [7, 11) is -1.87. The van der Waals surface area contributed by atoms with E-state index in [1.807, 2.05) is 0 Å². The normalized spacial score (nSPS) is 11.3. The van der Waals surface area contributed by atoms with Gasteiger partial charge in [-0.2, -0.15) is 0 Å². The minimum atomic E-state index is -1.87. The fraction of sp³-hybridized carbons (Fsp3) is 0.0400. The molecule has 4 rings (SSSR count). The first-order chi connectivity index (χ1) is 13.4. The summed E-state index contributed by atoms with van der Waals surface area (Å²) in [6.45, 7) is 0. The summed E-state index contributed by atoms with van der Waals surface area (Å²) in [6, 6.07) is 41.3. The van der Waals surface area contributed by atoms with Gasteiger partial charge < -0.3 is 0 Å². The fourth-order valence-electron chi connectivity index (χ4n) is 3.70. The Morgan fingerprint density at radius 3 is 1.48 bits per heavy atom. The van der Waals surface area contributed by atoms with Crippen LogP contribution in [-0.4, -0.2) is 5.49 Å². The Hall–Kier alpha value is -2.34. The Morgan fingerprint density at radius 1 is 0.519 bits per heavy atom. The number of hydrogen-bond acceptors (Lipinski definition) is 1. The highest BCUT2D eigenvalue weighted by atomic mass is 32.1. The molecule has 0 saturated carbocycles. The zero-order chi connectivity index (χ0) is 18.5. The second-order valence-corrected chi connectivity index (χ2v) is 10.8. The van der Waals surface area contributed by atoms with Crippen LogP contribution in [0.25, 0.3) is 11.1 Å². The lowest BCUT2D eigenvalue weighted by Crippen LogP contribution is -2.33. The van der Waals surface area contributed by atoms with E-state index in [1.54, 1.807) is 0 Å². The smallest absolute Gasteiger partial charge is 0.122 e. The van der Waals surface area contributed by atoms with E-state index < -0.39 is 7.26 Å². The van der Waals surface area contributed by atoms with Gasteiger partial charge in [-0.15, -0.1) is 12.6 Å². The molecule has 0 fully saturated rings. The summed E-state index contributed by atoms with van der Waals surface area (Å²) in [6.07, 6.45) is 0. The van der Waals surface area contributed by atoms with Gasteiger partial charge in [-0.3, -0.25) is 0 Å². The van der Waals surface area contributed by atoms with Gasteiger partial charge in [0.05, 0.1) is 0 Å². The highest BCUT2D eigenvalue weighted by Crippen LogP contribution is 2.57. The summed E-state index contributed by atoms with van der Waals surface area (Å²) >= 11 is 4.94. The highest BCUT2D eigenvalue weighted by Gasteiger charge is 2.45. The quantitative estimate of drug-likeness (QED) is 0.339. The van der Waals surface area contributed by atoms with Gasteiger partial charge in [-0.05, 0) is 35.9 Å². The van der Waals surface area contributed by atoms with Crippen LogP contribution in [0.5, 0.6) is 0 Å². The minimum absolute atomic E-state index is 0.797. The summed E-state index contributed by atoms with van der Waals surface area (Å²) in [5.41, 5.74) is 3.35. The molecular formula is C25H22PS+. The first-order valence-electron chi connectivity index (χ1n) is 9.11. The molecule has 0 aliphatic carbocycles. The summed E-state index contributed by atoms with van der Waals surface area (Å²) in [5, 5.41) is 4.13. The monoisotopic (exact) mass is 385 g/mol. The molecule has 0 nitrogen and oxygen atoms in total. The third-order valence-electron chi connectivity index (χ3n) is 5.01. The topological polar surface area (TPSA) is 0 Å². The lowest BCUT2D eigenvalue weighted by Gasteiger charge is -2.27. The molecule has 4 aromatic carbocycles. The molecule has 0 spiro atoms. The van der Waals surface area contributed by atoms with Crippen molar-refractivity contribution in [2.45, 2.75) is 0 Å². The van der Waals surface area contributed by atoms with E-state index >= 15 is 0 Å². The van der Waals surface area contributed by atoms with Crippen molar-refractivity contribution >= 4 is 35.8 Å². The Bertz CT molecular complexity index is 958. The predicted octanol–water partition coefficient (Wildman–Crippen LogP) is 5.53. The van der Waals surface area contributed by atoms with Gasteiger partial charge in [0.25, 0.3) is 0 Å². The molecule has 0 unspecified atom stereocenters. The van der Waals surface area contributed by atoms with E-state index in [2.05, 4.69) is 115 Å². The second kappa shape index (κ2) is 8.13. The van der Waals surface area contributed by atoms with Crippen LogP contribution >= 0.6 is 19.9 Å². The molecule has 0 bridgehead atoms. The van der Waals surface area contributed by atoms with Gasteiger partial charge in [-0.1, -0.05) is 84.9 Å². The zero-order valence-electron chi connectivity index (χ0n) is 15.1. The molecular weight excluding hydrogens is 363 g/mol. The molecule has 0 heterocycles. The average Bonchev–Trinajstić information content (AvgIpc) is 2.77. The SMILES string of the molecule is SC[P+](c1ccccc1)(c1ccccc1)c1ccccc1-c1ccccc1. The number of thiol groups is 1.